The van der Waals surface area contributed by atoms with Gasteiger partial charge in [0.15, 0.2) is 0 Å². The van der Waals surface area contributed by atoms with Crippen LogP contribution in [-0.2, 0) is 9.59 Å². The number of amides is 2. The van der Waals surface area contributed by atoms with E-state index in [-0.39, 0.29) is 29.7 Å². The number of hydrogen-bond acceptors (Lipinski definition) is 6. The molecule has 31 heavy (non-hydrogen) atoms. The van der Waals surface area contributed by atoms with Crippen molar-refractivity contribution in [3.05, 3.63) is 30.0 Å². The summed E-state index contributed by atoms with van der Waals surface area (Å²) in [6.07, 6.45) is 8.95. The van der Waals surface area contributed by atoms with Crippen LogP contribution in [0, 0.1) is 23.2 Å². The van der Waals surface area contributed by atoms with E-state index in [9.17, 15) is 14.9 Å². The third kappa shape index (κ3) is 3.23. The Morgan fingerprint density at radius 3 is 2.77 bits per heavy atom. The Bertz CT molecular complexity index is 962. The van der Waals surface area contributed by atoms with E-state index in [1.807, 2.05) is 28.0 Å². The van der Waals surface area contributed by atoms with Gasteiger partial charge in [0, 0.05) is 50.8 Å². The van der Waals surface area contributed by atoms with Crippen LogP contribution < -0.4 is 9.64 Å². The maximum Gasteiger partial charge on any atom is 0.246 e. The summed E-state index contributed by atoms with van der Waals surface area (Å²) in [6.45, 7) is 2.62. The predicted molar refractivity (Wildman–Crippen MR) is 113 cm³/mol. The molecule has 2 amide bonds. The monoisotopic (exact) mass is 421 g/mol. The lowest BCUT2D eigenvalue weighted by molar-refractivity contribution is -0.160. The molecule has 1 aromatic rings. The number of carbonyl (C=O) groups excluding carboxylic acids is 2. The average Bonchev–Trinajstić information content (AvgIpc) is 3.34. The first-order valence-electron chi connectivity index (χ1n) is 11.1. The number of fused-ring (bicyclic) bond motifs is 4. The molecule has 5 rings (SSSR count). The number of methoxy groups -OCH3 is 1. The van der Waals surface area contributed by atoms with Gasteiger partial charge < -0.3 is 19.4 Å². The van der Waals surface area contributed by atoms with Gasteiger partial charge in [-0.25, -0.2) is 4.98 Å². The van der Waals surface area contributed by atoms with Crippen LogP contribution in [0.5, 0.6) is 5.88 Å². The van der Waals surface area contributed by atoms with Gasteiger partial charge in [0.2, 0.25) is 17.7 Å². The summed E-state index contributed by atoms with van der Waals surface area (Å²) in [7, 11) is 1.52. The molecule has 1 aromatic heterocycles. The number of nitriles is 1. The van der Waals surface area contributed by atoms with Gasteiger partial charge in [0.25, 0.3) is 0 Å². The van der Waals surface area contributed by atoms with E-state index in [1.54, 1.807) is 6.20 Å². The van der Waals surface area contributed by atoms with Crippen molar-refractivity contribution in [3.63, 3.8) is 0 Å². The number of hydrogen-bond donors (Lipinski definition) is 0. The summed E-state index contributed by atoms with van der Waals surface area (Å²) in [5, 5.41) is 9.75. The second-order valence-electron chi connectivity index (χ2n) is 8.91. The molecule has 4 aliphatic rings. The van der Waals surface area contributed by atoms with Crippen LogP contribution in [0.2, 0.25) is 0 Å². The van der Waals surface area contributed by atoms with E-state index >= 15 is 0 Å². The van der Waals surface area contributed by atoms with Crippen molar-refractivity contribution in [2.75, 3.05) is 38.2 Å². The number of rotatable bonds is 3. The van der Waals surface area contributed by atoms with E-state index in [0.717, 1.165) is 31.5 Å². The molecule has 4 atom stereocenters. The van der Waals surface area contributed by atoms with Crippen LogP contribution in [-0.4, -0.2) is 72.0 Å². The molecule has 0 saturated carbocycles. The number of aromatic nitrogens is 1. The average molecular weight is 422 g/mol. The SMILES string of the molecule is COc1nccc(N2C[C@@H]3C[C@H](C2)[C@H](C(=O)N2CC=CC2)N2C(=O)CCC[C@@H]32)c1C#N. The summed E-state index contributed by atoms with van der Waals surface area (Å²) >= 11 is 0. The van der Waals surface area contributed by atoms with Crippen molar-refractivity contribution in [2.45, 2.75) is 37.8 Å². The van der Waals surface area contributed by atoms with Crippen molar-refractivity contribution < 1.29 is 14.3 Å². The van der Waals surface area contributed by atoms with Crippen molar-refractivity contribution in [1.29, 1.82) is 5.26 Å². The molecule has 0 radical (unpaired) electrons. The van der Waals surface area contributed by atoms with Crippen molar-refractivity contribution in [1.82, 2.24) is 14.8 Å². The first-order chi connectivity index (χ1) is 15.1. The minimum absolute atomic E-state index is 0.0378. The number of ether oxygens (including phenoxy) is 1. The molecule has 0 unspecified atom stereocenters. The molecule has 5 heterocycles. The summed E-state index contributed by atoms with van der Waals surface area (Å²) in [5.74, 6) is 0.822. The van der Waals surface area contributed by atoms with E-state index < -0.39 is 6.04 Å². The molecule has 0 aromatic carbocycles. The van der Waals surface area contributed by atoms with Gasteiger partial charge in [-0.3, -0.25) is 9.59 Å². The molecule has 3 fully saturated rings. The van der Waals surface area contributed by atoms with E-state index in [0.29, 0.717) is 37.5 Å². The van der Waals surface area contributed by atoms with E-state index in [4.69, 9.17) is 4.74 Å². The molecular formula is C23H27N5O3. The Labute approximate surface area is 182 Å². The van der Waals surface area contributed by atoms with Crippen LogP contribution >= 0.6 is 0 Å². The second kappa shape index (κ2) is 7.88. The molecular weight excluding hydrogens is 394 g/mol. The molecule has 0 aliphatic carbocycles. The fraction of sp³-hybridized carbons (Fsp3) is 0.565. The standard InChI is InChI=1S/C23H27N5O3/c1-31-22-17(12-24)19(7-8-25-22)27-13-15-11-16(14-27)21(23(30)26-9-2-3-10-26)28-18(15)5-4-6-20(28)29/h2-3,7-8,15-16,18,21H,4-6,9-11,13-14H2,1H3/t15-,16+,18-,21+/m0/s1. The number of carbonyl (C=O) groups is 2. The fourth-order valence-corrected chi connectivity index (χ4v) is 5.97. The number of pyridine rings is 1. The van der Waals surface area contributed by atoms with Crippen LogP contribution in [0.1, 0.15) is 31.2 Å². The summed E-state index contributed by atoms with van der Waals surface area (Å²) < 4.78 is 5.31. The Hall–Kier alpha value is -3.08. The molecule has 3 saturated heterocycles. The Morgan fingerprint density at radius 1 is 1.26 bits per heavy atom. The van der Waals surface area contributed by atoms with Crippen molar-refractivity contribution in [2.24, 2.45) is 11.8 Å². The molecule has 2 bridgehead atoms. The molecule has 4 aliphatic heterocycles. The van der Waals surface area contributed by atoms with E-state index in [2.05, 4.69) is 16.0 Å². The summed E-state index contributed by atoms with van der Waals surface area (Å²) in [4.78, 5) is 36.7. The zero-order chi connectivity index (χ0) is 21.5. The quantitative estimate of drug-likeness (QED) is 0.688. The van der Waals surface area contributed by atoms with Crippen LogP contribution in [0.25, 0.3) is 0 Å². The highest BCUT2D eigenvalue weighted by Gasteiger charge is 2.53. The van der Waals surface area contributed by atoms with Gasteiger partial charge >= 0.3 is 0 Å². The fourth-order valence-electron chi connectivity index (χ4n) is 5.97. The highest BCUT2D eigenvalue weighted by molar-refractivity contribution is 5.89. The number of piperidine rings is 3. The van der Waals surface area contributed by atoms with Crippen molar-refractivity contribution >= 4 is 17.5 Å². The maximum absolute atomic E-state index is 13.6. The third-order valence-corrected chi connectivity index (χ3v) is 7.26. The Balaban J connectivity index is 1.51. The predicted octanol–water partition coefficient (Wildman–Crippen LogP) is 1.57. The molecule has 0 spiro atoms. The molecule has 8 heteroatoms. The summed E-state index contributed by atoms with van der Waals surface area (Å²) in [5.41, 5.74) is 1.22. The topological polar surface area (TPSA) is 89.8 Å². The minimum Gasteiger partial charge on any atom is -0.480 e. The van der Waals surface area contributed by atoms with Gasteiger partial charge in [-0.05, 0) is 31.2 Å². The van der Waals surface area contributed by atoms with E-state index in [1.165, 1.54) is 7.11 Å². The normalized spacial score (nSPS) is 29.5. The lowest BCUT2D eigenvalue weighted by Gasteiger charge is -2.56. The Kier molecular flexibility index (Phi) is 5.05. The first kappa shape index (κ1) is 19.9. The number of anilines is 1. The Morgan fingerprint density at radius 2 is 2.03 bits per heavy atom. The molecule has 162 valence electrons. The van der Waals surface area contributed by atoms with Crippen LogP contribution in [0.3, 0.4) is 0 Å². The van der Waals surface area contributed by atoms with Gasteiger partial charge in [-0.1, -0.05) is 12.2 Å². The molecule has 8 nitrogen and oxygen atoms in total. The first-order valence-corrected chi connectivity index (χ1v) is 11.1. The zero-order valence-corrected chi connectivity index (χ0v) is 17.7. The lowest BCUT2D eigenvalue weighted by Crippen LogP contribution is -2.68. The van der Waals surface area contributed by atoms with Crippen molar-refractivity contribution in [3.8, 4) is 11.9 Å². The largest absolute Gasteiger partial charge is 0.480 e. The third-order valence-electron chi connectivity index (χ3n) is 7.26. The minimum atomic E-state index is -0.425. The van der Waals surface area contributed by atoms with Gasteiger partial charge in [0.05, 0.1) is 12.8 Å². The highest BCUT2D eigenvalue weighted by atomic mass is 16.5. The lowest BCUT2D eigenvalue weighted by atomic mass is 9.71. The highest BCUT2D eigenvalue weighted by Crippen LogP contribution is 2.44. The zero-order valence-electron chi connectivity index (χ0n) is 17.7. The maximum atomic E-state index is 13.6. The van der Waals surface area contributed by atoms with Gasteiger partial charge in [-0.2, -0.15) is 5.26 Å². The van der Waals surface area contributed by atoms with Gasteiger partial charge in [0.1, 0.15) is 17.7 Å². The number of nitrogens with zero attached hydrogens (tertiary/aromatic N) is 5. The van der Waals surface area contributed by atoms with Crippen LogP contribution in [0.15, 0.2) is 24.4 Å². The summed E-state index contributed by atoms with van der Waals surface area (Å²) in [6, 6.07) is 3.75. The molecule has 0 N–H and O–H groups in total. The smallest absolute Gasteiger partial charge is 0.246 e. The second-order valence-corrected chi connectivity index (χ2v) is 8.91. The van der Waals surface area contributed by atoms with Gasteiger partial charge in [-0.15, -0.1) is 0 Å². The van der Waals surface area contributed by atoms with Crippen LogP contribution in [0.4, 0.5) is 5.69 Å².